The summed E-state index contributed by atoms with van der Waals surface area (Å²) in [5.74, 6) is -0.172. The third kappa shape index (κ3) is 3.49. The zero-order valence-corrected chi connectivity index (χ0v) is 11.2. The number of nitro groups is 1. The van der Waals surface area contributed by atoms with Crippen LogP contribution in [0.2, 0.25) is 0 Å². The van der Waals surface area contributed by atoms with Crippen LogP contribution in [0.3, 0.4) is 0 Å². The normalized spacial score (nSPS) is 10.1. The Kier molecular flexibility index (Phi) is 4.39. The van der Waals surface area contributed by atoms with E-state index in [0.717, 1.165) is 6.20 Å². The van der Waals surface area contributed by atoms with Crippen LogP contribution >= 0.6 is 0 Å². The summed E-state index contributed by atoms with van der Waals surface area (Å²) in [7, 11) is 1.58. The molecule has 2 aromatic heterocycles. The van der Waals surface area contributed by atoms with Crippen molar-refractivity contribution in [2.75, 3.05) is 18.9 Å². The van der Waals surface area contributed by atoms with Gasteiger partial charge in [-0.1, -0.05) is 5.21 Å². The number of nitrogens with one attached hydrogen (secondary N) is 2. The van der Waals surface area contributed by atoms with E-state index in [1.165, 1.54) is 12.3 Å². The number of carbonyl (C=O) groups is 1. The first-order chi connectivity index (χ1) is 10.1. The number of amides is 1. The highest BCUT2D eigenvalue weighted by atomic mass is 16.6. The number of aromatic nitrogens is 4. The fourth-order valence-electron chi connectivity index (χ4n) is 1.66. The minimum Gasteiger partial charge on any atom is -0.372 e. The lowest BCUT2D eigenvalue weighted by Crippen LogP contribution is -2.28. The summed E-state index contributed by atoms with van der Waals surface area (Å²) in [6, 6.07) is 1.18. The second kappa shape index (κ2) is 6.41. The molecule has 1 amide bonds. The first kappa shape index (κ1) is 14.4. The molecule has 0 spiro atoms. The Hall–Kier alpha value is -3.04. The average molecular weight is 291 g/mol. The van der Waals surface area contributed by atoms with E-state index in [0.29, 0.717) is 13.1 Å². The molecule has 0 aliphatic carbocycles. The van der Waals surface area contributed by atoms with Gasteiger partial charge in [0.2, 0.25) is 0 Å². The Balaban J connectivity index is 2.06. The maximum atomic E-state index is 12.1. The summed E-state index contributed by atoms with van der Waals surface area (Å²) in [6.07, 6.45) is 4.30. The highest BCUT2D eigenvalue weighted by molar-refractivity contribution is 5.99. The van der Waals surface area contributed by atoms with Crippen LogP contribution in [0, 0.1) is 10.1 Å². The summed E-state index contributed by atoms with van der Waals surface area (Å²) in [5.41, 5.74) is -0.124. The van der Waals surface area contributed by atoms with Gasteiger partial charge in [-0.05, 0) is 0 Å². The summed E-state index contributed by atoms with van der Waals surface area (Å²) in [6.45, 7) is 0.761. The van der Waals surface area contributed by atoms with Crippen LogP contribution in [-0.2, 0) is 6.54 Å². The van der Waals surface area contributed by atoms with Crippen LogP contribution in [-0.4, -0.2) is 44.4 Å². The maximum absolute atomic E-state index is 12.1. The lowest BCUT2D eigenvalue weighted by molar-refractivity contribution is -0.385. The quantitative estimate of drug-likeness (QED) is 0.568. The molecule has 2 aromatic rings. The summed E-state index contributed by atoms with van der Waals surface area (Å²) < 4.78 is 1.56. The number of hydrogen-bond donors (Lipinski definition) is 2. The fraction of sp³-hybridized carbons (Fsp3) is 0.273. The Morgan fingerprint density at radius 1 is 1.52 bits per heavy atom. The molecule has 21 heavy (non-hydrogen) atoms. The molecule has 10 nitrogen and oxygen atoms in total. The number of nitrogens with zero attached hydrogens (tertiary/aromatic N) is 5. The lowest BCUT2D eigenvalue weighted by Gasteiger charge is -2.08. The molecule has 110 valence electrons. The average Bonchev–Trinajstić information content (AvgIpc) is 2.99. The standard InChI is InChI=1S/C11H13N7O3/c1-12-10-9(6-8(7-14-10)18(20)21)11(19)13-2-4-17-5-3-15-16-17/h3,5-7H,2,4H2,1H3,(H,12,14)(H,13,19). The Labute approximate surface area is 119 Å². The molecule has 0 aliphatic heterocycles. The Bertz CT molecular complexity index is 641. The van der Waals surface area contributed by atoms with Gasteiger partial charge in [0.25, 0.3) is 11.6 Å². The maximum Gasteiger partial charge on any atom is 0.288 e. The van der Waals surface area contributed by atoms with Gasteiger partial charge in [-0.3, -0.25) is 19.6 Å². The lowest BCUT2D eigenvalue weighted by atomic mass is 10.2. The molecular formula is C11H13N7O3. The number of anilines is 1. The van der Waals surface area contributed by atoms with E-state index in [4.69, 9.17) is 0 Å². The molecule has 0 aromatic carbocycles. The van der Waals surface area contributed by atoms with Gasteiger partial charge in [0.05, 0.1) is 23.2 Å². The predicted octanol–water partition coefficient (Wildman–Crippen LogP) is 0.0530. The number of pyridine rings is 1. The van der Waals surface area contributed by atoms with Crippen molar-refractivity contribution in [3.8, 4) is 0 Å². The van der Waals surface area contributed by atoms with Crippen molar-refractivity contribution in [3.63, 3.8) is 0 Å². The molecular weight excluding hydrogens is 278 g/mol. The van der Waals surface area contributed by atoms with Crippen molar-refractivity contribution in [1.29, 1.82) is 0 Å². The van der Waals surface area contributed by atoms with E-state index in [9.17, 15) is 14.9 Å². The summed E-state index contributed by atoms with van der Waals surface area (Å²) in [4.78, 5) is 26.1. The molecule has 0 atom stereocenters. The number of hydrogen-bond acceptors (Lipinski definition) is 7. The van der Waals surface area contributed by atoms with E-state index in [1.54, 1.807) is 17.9 Å². The third-order valence-corrected chi connectivity index (χ3v) is 2.66. The van der Waals surface area contributed by atoms with Crippen molar-refractivity contribution in [2.24, 2.45) is 0 Å². The molecule has 0 unspecified atom stereocenters. The Morgan fingerprint density at radius 2 is 2.33 bits per heavy atom. The predicted molar refractivity (Wildman–Crippen MR) is 72.8 cm³/mol. The first-order valence-corrected chi connectivity index (χ1v) is 6.06. The van der Waals surface area contributed by atoms with Crippen molar-refractivity contribution in [1.82, 2.24) is 25.3 Å². The molecule has 0 aliphatic rings. The van der Waals surface area contributed by atoms with Crippen LogP contribution in [0.1, 0.15) is 10.4 Å². The smallest absolute Gasteiger partial charge is 0.288 e. The molecule has 0 saturated carbocycles. The molecule has 10 heteroatoms. The topological polar surface area (TPSA) is 128 Å². The summed E-state index contributed by atoms with van der Waals surface area (Å²) in [5, 5.41) is 23.5. The minimum absolute atomic E-state index is 0.116. The van der Waals surface area contributed by atoms with E-state index < -0.39 is 10.8 Å². The van der Waals surface area contributed by atoms with Crippen LogP contribution < -0.4 is 10.6 Å². The Morgan fingerprint density at radius 3 is 2.95 bits per heavy atom. The number of carbonyl (C=O) groups excluding carboxylic acids is 1. The monoisotopic (exact) mass is 291 g/mol. The van der Waals surface area contributed by atoms with Gasteiger partial charge < -0.3 is 10.6 Å². The first-order valence-electron chi connectivity index (χ1n) is 6.06. The molecule has 0 bridgehead atoms. The van der Waals surface area contributed by atoms with Gasteiger partial charge in [0.1, 0.15) is 12.0 Å². The molecule has 2 N–H and O–H groups in total. The van der Waals surface area contributed by atoms with E-state index in [1.807, 2.05) is 0 Å². The van der Waals surface area contributed by atoms with Crippen molar-refractivity contribution in [2.45, 2.75) is 6.54 Å². The van der Waals surface area contributed by atoms with E-state index >= 15 is 0 Å². The third-order valence-electron chi connectivity index (χ3n) is 2.66. The van der Waals surface area contributed by atoms with Crippen LogP contribution in [0.4, 0.5) is 11.5 Å². The van der Waals surface area contributed by atoms with Gasteiger partial charge in [-0.15, -0.1) is 5.10 Å². The molecule has 2 rings (SSSR count). The van der Waals surface area contributed by atoms with Crippen LogP contribution in [0.25, 0.3) is 0 Å². The molecule has 0 fully saturated rings. The van der Waals surface area contributed by atoms with Gasteiger partial charge in [-0.2, -0.15) is 0 Å². The van der Waals surface area contributed by atoms with Gasteiger partial charge in [0.15, 0.2) is 0 Å². The fourth-order valence-corrected chi connectivity index (χ4v) is 1.66. The summed E-state index contributed by atoms with van der Waals surface area (Å²) >= 11 is 0. The van der Waals surface area contributed by atoms with Crippen LogP contribution in [0.15, 0.2) is 24.7 Å². The molecule has 2 heterocycles. The van der Waals surface area contributed by atoms with Gasteiger partial charge in [-0.25, -0.2) is 4.98 Å². The highest BCUT2D eigenvalue weighted by Gasteiger charge is 2.17. The van der Waals surface area contributed by atoms with E-state index in [-0.39, 0.29) is 17.1 Å². The van der Waals surface area contributed by atoms with Gasteiger partial charge in [0, 0.05) is 25.9 Å². The number of rotatable bonds is 6. The van der Waals surface area contributed by atoms with Crippen molar-refractivity contribution in [3.05, 3.63) is 40.3 Å². The highest BCUT2D eigenvalue weighted by Crippen LogP contribution is 2.18. The second-order valence-corrected chi connectivity index (χ2v) is 4.02. The van der Waals surface area contributed by atoms with Crippen molar-refractivity contribution < 1.29 is 9.72 Å². The largest absolute Gasteiger partial charge is 0.372 e. The zero-order chi connectivity index (χ0) is 15.2. The van der Waals surface area contributed by atoms with Crippen LogP contribution in [0.5, 0.6) is 0 Å². The second-order valence-electron chi connectivity index (χ2n) is 4.02. The zero-order valence-electron chi connectivity index (χ0n) is 11.2. The molecule has 0 saturated heterocycles. The van der Waals surface area contributed by atoms with Gasteiger partial charge >= 0.3 is 0 Å². The van der Waals surface area contributed by atoms with Crippen molar-refractivity contribution >= 4 is 17.4 Å². The SMILES string of the molecule is CNc1ncc([N+](=O)[O-])cc1C(=O)NCCn1ccnn1. The minimum atomic E-state index is -0.599. The van der Waals surface area contributed by atoms with E-state index in [2.05, 4.69) is 25.9 Å². The molecule has 0 radical (unpaired) electrons.